The zero-order valence-electron chi connectivity index (χ0n) is 5.96. The van der Waals surface area contributed by atoms with Crippen LogP contribution in [0.1, 0.15) is 0 Å². The molecule has 0 saturated heterocycles. The Bertz CT molecular complexity index is 136. The molecule has 0 aromatic heterocycles. The fraction of sp³-hybridized carbons (Fsp3) is 0.600. The van der Waals surface area contributed by atoms with Crippen LogP contribution in [0.5, 0.6) is 0 Å². The van der Waals surface area contributed by atoms with E-state index in [1.165, 1.54) is 23.5 Å². The molecule has 12 heavy (non-hydrogen) atoms. The number of hydrogen-bond donors (Lipinski definition) is 2. The molecule has 0 aliphatic heterocycles. The van der Waals surface area contributed by atoms with Gasteiger partial charge in [-0.15, -0.1) is 23.5 Å². The normalized spacial score (nSPS) is 8.67. The van der Waals surface area contributed by atoms with Crippen molar-refractivity contribution in [1.29, 1.82) is 0 Å². The van der Waals surface area contributed by atoms with Gasteiger partial charge in [-0.2, -0.15) is 0 Å². The summed E-state index contributed by atoms with van der Waals surface area (Å²) >= 11 is 2.41. The first kappa shape index (κ1) is 14.6. The van der Waals surface area contributed by atoms with E-state index in [0.29, 0.717) is 5.08 Å². The van der Waals surface area contributed by atoms with E-state index < -0.39 is 11.9 Å². The molecule has 0 aliphatic rings. The number of aliphatic carboxylic acids is 2. The smallest absolute Gasteiger partial charge is 0.313 e. The summed E-state index contributed by atoms with van der Waals surface area (Å²) in [5, 5.41) is 16.9. The van der Waals surface area contributed by atoms with Crippen molar-refractivity contribution in [3.8, 4) is 0 Å². The molecule has 0 heterocycles. The summed E-state index contributed by atoms with van der Waals surface area (Å²) in [6, 6.07) is 0. The van der Waals surface area contributed by atoms with E-state index in [1.54, 1.807) is 0 Å². The summed E-state index contributed by atoms with van der Waals surface area (Å²) in [7, 11) is 0. The van der Waals surface area contributed by atoms with Crippen molar-refractivity contribution in [2.45, 2.75) is 0 Å². The average Bonchev–Trinajstić information content (AvgIpc) is 1.85. The molecule has 0 aliphatic carbocycles. The molecule has 0 bridgehead atoms. The van der Waals surface area contributed by atoms with Crippen LogP contribution in [0, 0.1) is 0 Å². The number of rotatable bonds is 6. The van der Waals surface area contributed by atoms with E-state index >= 15 is 0 Å². The third kappa shape index (κ3) is 12.8. The van der Waals surface area contributed by atoms with Crippen molar-refractivity contribution in [3.63, 3.8) is 0 Å². The van der Waals surface area contributed by atoms with Crippen molar-refractivity contribution in [1.82, 2.24) is 0 Å². The van der Waals surface area contributed by atoms with Crippen LogP contribution in [0.25, 0.3) is 0 Å². The molecule has 4 nitrogen and oxygen atoms in total. The Kier molecular flexibility index (Phi) is 11.3. The maximum atomic E-state index is 9.95. The molecule has 0 aromatic rings. The second-order valence-electron chi connectivity index (χ2n) is 1.60. The van der Waals surface area contributed by atoms with Gasteiger partial charge in [-0.1, -0.05) is 0 Å². The summed E-state index contributed by atoms with van der Waals surface area (Å²) in [6.45, 7) is 0. The molecule has 0 spiro atoms. The average molecular weight is 255 g/mol. The first-order chi connectivity index (χ1) is 5.13. The van der Waals surface area contributed by atoms with Gasteiger partial charge in [-0.25, -0.2) is 0 Å². The van der Waals surface area contributed by atoms with Gasteiger partial charge in [0.15, 0.2) is 0 Å². The predicted octanol–water partition coefficient (Wildman–Crippen LogP) is 0.577. The minimum Gasteiger partial charge on any atom is -0.481 e. The van der Waals surface area contributed by atoms with Crippen LogP contribution >= 0.6 is 23.5 Å². The molecule has 0 saturated carbocycles. The van der Waals surface area contributed by atoms with Crippen molar-refractivity contribution >= 4 is 35.5 Å². The van der Waals surface area contributed by atoms with Crippen molar-refractivity contribution in [2.24, 2.45) is 0 Å². The van der Waals surface area contributed by atoms with E-state index in [4.69, 9.17) is 10.2 Å². The van der Waals surface area contributed by atoms with Gasteiger partial charge in [0.2, 0.25) is 0 Å². The standard InChI is InChI=1S/C5H8O4S2.Ni/c6-4(7)1-10-3-11-2-5(8)9;/h1-3H2,(H,6,7)(H,8,9);. The fourth-order valence-corrected chi connectivity index (χ4v) is 1.80. The van der Waals surface area contributed by atoms with Crippen LogP contribution in [-0.4, -0.2) is 38.7 Å². The summed E-state index contributed by atoms with van der Waals surface area (Å²) < 4.78 is 0. The zero-order valence-corrected chi connectivity index (χ0v) is 8.59. The van der Waals surface area contributed by atoms with Crippen LogP contribution < -0.4 is 0 Å². The molecule has 2 N–H and O–H groups in total. The molecule has 0 amide bonds. The Morgan fingerprint density at radius 1 is 1.00 bits per heavy atom. The summed E-state index contributed by atoms with van der Waals surface area (Å²) in [5.74, 6) is -1.67. The van der Waals surface area contributed by atoms with Crippen LogP contribution in [0.2, 0.25) is 0 Å². The van der Waals surface area contributed by atoms with Crippen molar-refractivity contribution in [3.05, 3.63) is 0 Å². The van der Waals surface area contributed by atoms with Gasteiger partial charge in [0.25, 0.3) is 0 Å². The quantitative estimate of drug-likeness (QED) is 0.410. The number of hydrogen-bond acceptors (Lipinski definition) is 4. The van der Waals surface area contributed by atoms with Crippen molar-refractivity contribution < 1.29 is 36.3 Å². The van der Waals surface area contributed by atoms with Gasteiger partial charge in [-0.05, 0) is 0 Å². The Hall–Kier alpha value is 0.134. The van der Waals surface area contributed by atoms with Crippen LogP contribution in [0.15, 0.2) is 0 Å². The Morgan fingerprint density at radius 2 is 1.33 bits per heavy atom. The van der Waals surface area contributed by atoms with Crippen LogP contribution in [0.3, 0.4) is 0 Å². The summed E-state index contributed by atoms with van der Waals surface area (Å²) in [4.78, 5) is 19.9. The van der Waals surface area contributed by atoms with Gasteiger partial charge in [0.05, 0.1) is 11.5 Å². The van der Waals surface area contributed by atoms with E-state index in [9.17, 15) is 9.59 Å². The molecule has 0 unspecified atom stereocenters. The monoisotopic (exact) mass is 254 g/mol. The van der Waals surface area contributed by atoms with Gasteiger partial charge >= 0.3 is 11.9 Å². The molecule has 0 radical (unpaired) electrons. The molecular formula is C5H8NiO4S2. The van der Waals surface area contributed by atoms with Gasteiger partial charge in [-0.3, -0.25) is 9.59 Å². The Morgan fingerprint density at radius 3 is 1.58 bits per heavy atom. The van der Waals surface area contributed by atoms with E-state index in [1.807, 2.05) is 0 Å². The summed E-state index contributed by atoms with van der Waals surface area (Å²) in [6.07, 6.45) is 0. The minimum absolute atomic E-state index is 0. The molecule has 7 heteroatoms. The first-order valence-corrected chi connectivity index (χ1v) is 5.03. The van der Waals surface area contributed by atoms with Crippen molar-refractivity contribution in [2.75, 3.05) is 16.6 Å². The van der Waals surface area contributed by atoms with E-state index in [2.05, 4.69) is 0 Å². The van der Waals surface area contributed by atoms with Crippen LogP contribution in [0.4, 0.5) is 0 Å². The maximum Gasteiger partial charge on any atom is 0.313 e. The molecule has 0 fully saturated rings. The predicted molar refractivity (Wildman–Crippen MR) is 45.1 cm³/mol. The number of carbonyl (C=O) groups is 2. The van der Waals surface area contributed by atoms with Crippen LogP contribution in [-0.2, 0) is 26.1 Å². The molecule has 0 atom stereocenters. The minimum atomic E-state index is -0.870. The van der Waals surface area contributed by atoms with E-state index in [-0.39, 0.29) is 28.0 Å². The molecule has 74 valence electrons. The topological polar surface area (TPSA) is 74.6 Å². The fourth-order valence-electron chi connectivity index (χ4n) is 0.317. The third-order valence-electron chi connectivity index (χ3n) is 0.618. The molecule has 0 rings (SSSR count). The second kappa shape index (κ2) is 9.22. The maximum absolute atomic E-state index is 9.95. The molecule has 0 aromatic carbocycles. The Labute approximate surface area is 88.4 Å². The van der Waals surface area contributed by atoms with Gasteiger partial charge < -0.3 is 10.2 Å². The zero-order chi connectivity index (χ0) is 8.69. The summed E-state index contributed by atoms with van der Waals surface area (Å²) in [5.41, 5.74) is 0. The van der Waals surface area contributed by atoms with Gasteiger partial charge in [0.1, 0.15) is 0 Å². The number of carboxylic acid groups (broad SMARTS) is 2. The first-order valence-electron chi connectivity index (χ1n) is 2.72. The molecular weight excluding hydrogens is 247 g/mol. The third-order valence-corrected chi connectivity index (χ3v) is 2.85. The second-order valence-corrected chi connectivity index (χ2v) is 3.94. The largest absolute Gasteiger partial charge is 0.481 e. The van der Waals surface area contributed by atoms with Gasteiger partial charge in [0, 0.05) is 21.6 Å². The number of thioether (sulfide) groups is 2. The SMILES string of the molecule is O=C(O)CSCSCC(=O)O.[Ni]. The number of carboxylic acids is 2. The Balaban J connectivity index is 0. The van der Waals surface area contributed by atoms with E-state index in [0.717, 1.165) is 0 Å².